The van der Waals surface area contributed by atoms with E-state index in [0.29, 0.717) is 23.7 Å². The number of likely N-dealkylation sites (tertiary alicyclic amines) is 1. The molecule has 0 radical (unpaired) electrons. The van der Waals surface area contributed by atoms with Crippen LogP contribution in [0.4, 0.5) is 0 Å². The lowest BCUT2D eigenvalue weighted by Crippen LogP contribution is -2.42. The molecule has 0 bridgehead atoms. The van der Waals surface area contributed by atoms with Crippen LogP contribution in [0.25, 0.3) is 0 Å². The fraction of sp³-hybridized carbons (Fsp3) is 0.933. The van der Waals surface area contributed by atoms with Crippen LogP contribution in [0.5, 0.6) is 0 Å². The lowest BCUT2D eigenvalue weighted by atomic mass is 9.79. The molecule has 0 aromatic carbocycles. The predicted molar refractivity (Wildman–Crippen MR) is 74.0 cm³/mol. The van der Waals surface area contributed by atoms with Gasteiger partial charge in [-0.3, -0.25) is 4.79 Å². The van der Waals surface area contributed by atoms with Crippen LogP contribution in [0.15, 0.2) is 0 Å². The van der Waals surface area contributed by atoms with Crippen molar-refractivity contribution in [3.63, 3.8) is 0 Å². The third kappa shape index (κ3) is 2.87. The van der Waals surface area contributed by atoms with Gasteiger partial charge in [0.25, 0.3) is 0 Å². The molecular formula is C15H28N2O. The van der Waals surface area contributed by atoms with E-state index in [-0.39, 0.29) is 12.0 Å². The zero-order valence-electron chi connectivity index (χ0n) is 12.1. The van der Waals surface area contributed by atoms with Crippen molar-refractivity contribution in [2.75, 3.05) is 13.1 Å². The highest BCUT2D eigenvalue weighted by Crippen LogP contribution is 2.31. The first-order valence-corrected chi connectivity index (χ1v) is 7.53. The first-order valence-electron chi connectivity index (χ1n) is 7.53. The summed E-state index contributed by atoms with van der Waals surface area (Å²) in [5.41, 5.74) is 6.11. The fourth-order valence-corrected chi connectivity index (χ4v) is 3.37. The first kappa shape index (κ1) is 13.9. The van der Waals surface area contributed by atoms with Gasteiger partial charge < -0.3 is 10.6 Å². The molecule has 0 aromatic rings. The van der Waals surface area contributed by atoms with Gasteiger partial charge in [-0.1, -0.05) is 20.8 Å². The standard InChI is InChI=1S/C15H28N2O/c1-10(2)13-6-7-17(9-13)15(18)12-5-4-11(3)14(16)8-12/h10-14H,4-9,16H2,1-3H3. The number of nitrogens with zero attached hydrogens (tertiary/aromatic N) is 1. The molecule has 3 nitrogen and oxygen atoms in total. The minimum atomic E-state index is 0.196. The van der Waals surface area contributed by atoms with Gasteiger partial charge in [-0.05, 0) is 43.4 Å². The lowest BCUT2D eigenvalue weighted by Gasteiger charge is -2.33. The second-order valence-corrected chi connectivity index (χ2v) is 6.73. The van der Waals surface area contributed by atoms with Crippen LogP contribution in [-0.2, 0) is 4.79 Å². The van der Waals surface area contributed by atoms with Gasteiger partial charge in [0.2, 0.25) is 5.91 Å². The SMILES string of the molecule is CC(C)C1CCN(C(=O)C2CCC(C)C(N)C2)C1. The van der Waals surface area contributed by atoms with Gasteiger partial charge in [-0.2, -0.15) is 0 Å². The van der Waals surface area contributed by atoms with Crippen molar-refractivity contribution < 1.29 is 4.79 Å². The van der Waals surface area contributed by atoms with E-state index in [1.165, 1.54) is 6.42 Å². The van der Waals surface area contributed by atoms with E-state index in [9.17, 15) is 4.79 Å². The van der Waals surface area contributed by atoms with Crippen molar-refractivity contribution in [3.05, 3.63) is 0 Å². The van der Waals surface area contributed by atoms with Crippen molar-refractivity contribution in [1.82, 2.24) is 4.90 Å². The van der Waals surface area contributed by atoms with Crippen LogP contribution in [0, 0.1) is 23.7 Å². The summed E-state index contributed by atoms with van der Waals surface area (Å²) >= 11 is 0. The zero-order chi connectivity index (χ0) is 13.3. The van der Waals surface area contributed by atoms with E-state index < -0.39 is 0 Å². The molecule has 1 amide bonds. The molecule has 1 aliphatic carbocycles. The van der Waals surface area contributed by atoms with Gasteiger partial charge in [0, 0.05) is 25.0 Å². The number of nitrogens with two attached hydrogens (primary N) is 1. The third-order valence-corrected chi connectivity index (χ3v) is 5.09. The van der Waals surface area contributed by atoms with Crippen LogP contribution in [0.3, 0.4) is 0 Å². The summed E-state index contributed by atoms with van der Waals surface area (Å²) in [6.45, 7) is 8.66. The Morgan fingerprint density at radius 3 is 2.56 bits per heavy atom. The van der Waals surface area contributed by atoms with E-state index in [4.69, 9.17) is 5.73 Å². The van der Waals surface area contributed by atoms with Gasteiger partial charge >= 0.3 is 0 Å². The van der Waals surface area contributed by atoms with E-state index >= 15 is 0 Å². The van der Waals surface area contributed by atoms with Crippen molar-refractivity contribution in [1.29, 1.82) is 0 Å². The molecule has 4 unspecified atom stereocenters. The number of carbonyl (C=O) groups excluding carboxylic acids is 1. The van der Waals surface area contributed by atoms with Crippen LogP contribution in [0.1, 0.15) is 46.5 Å². The average molecular weight is 252 g/mol. The molecule has 1 heterocycles. The summed E-state index contributed by atoms with van der Waals surface area (Å²) in [4.78, 5) is 14.6. The Balaban J connectivity index is 1.89. The Hall–Kier alpha value is -0.570. The Morgan fingerprint density at radius 1 is 1.28 bits per heavy atom. The van der Waals surface area contributed by atoms with Gasteiger partial charge in [0.1, 0.15) is 0 Å². The number of amides is 1. The van der Waals surface area contributed by atoms with Crippen LogP contribution in [0.2, 0.25) is 0 Å². The molecular weight excluding hydrogens is 224 g/mol. The molecule has 1 aliphatic heterocycles. The highest BCUT2D eigenvalue weighted by molar-refractivity contribution is 5.79. The summed E-state index contributed by atoms with van der Waals surface area (Å²) in [5.74, 6) is 2.54. The quantitative estimate of drug-likeness (QED) is 0.819. The number of hydrogen-bond donors (Lipinski definition) is 1. The summed E-state index contributed by atoms with van der Waals surface area (Å²) in [6.07, 6.45) is 4.22. The van der Waals surface area contributed by atoms with E-state index in [0.717, 1.165) is 32.4 Å². The highest BCUT2D eigenvalue weighted by atomic mass is 16.2. The maximum absolute atomic E-state index is 12.5. The molecule has 1 saturated heterocycles. The molecule has 4 atom stereocenters. The van der Waals surface area contributed by atoms with Crippen LogP contribution in [-0.4, -0.2) is 29.9 Å². The Morgan fingerprint density at radius 2 is 2.00 bits per heavy atom. The third-order valence-electron chi connectivity index (χ3n) is 5.09. The molecule has 0 aromatic heterocycles. The van der Waals surface area contributed by atoms with Crippen LogP contribution >= 0.6 is 0 Å². The van der Waals surface area contributed by atoms with Crippen molar-refractivity contribution in [2.45, 2.75) is 52.5 Å². The van der Waals surface area contributed by atoms with Crippen LogP contribution < -0.4 is 5.73 Å². The van der Waals surface area contributed by atoms with Gasteiger partial charge in [-0.15, -0.1) is 0 Å². The average Bonchev–Trinajstić information content (AvgIpc) is 2.81. The molecule has 18 heavy (non-hydrogen) atoms. The topological polar surface area (TPSA) is 46.3 Å². The fourth-order valence-electron chi connectivity index (χ4n) is 3.37. The number of hydrogen-bond acceptors (Lipinski definition) is 2. The number of rotatable bonds is 2. The normalized spacial score (nSPS) is 37.3. The molecule has 104 valence electrons. The summed E-state index contributed by atoms with van der Waals surface area (Å²) in [7, 11) is 0. The van der Waals surface area contributed by atoms with E-state index in [1.807, 2.05) is 0 Å². The van der Waals surface area contributed by atoms with Gasteiger partial charge in [0.05, 0.1) is 0 Å². The minimum absolute atomic E-state index is 0.196. The second-order valence-electron chi connectivity index (χ2n) is 6.73. The maximum Gasteiger partial charge on any atom is 0.225 e. The zero-order valence-corrected chi connectivity index (χ0v) is 12.1. The van der Waals surface area contributed by atoms with Crippen molar-refractivity contribution >= 4 is 5.91 Å². The molecule has 3 heteroatoms. The highest BCUT2D eigenvalue weighted by Gasteiger charge is 2.35. The Labute approximate surface area is 111 Å². The molecule has 0 spiro atoms. The Kier molecular flexibility index (Phi) is 4.31. The molecule has 2 fully saturated rings. The predicted octanol–water partition coefficient (Wildman–Crippen LogP) is 2.25. The summed E-state index contributed by atoms with van der Waals surface area (Å²) < 4.78 is 0. The molecule has 2 N–H and O–H groups in total. The molecule has 1 saturated carbocycles. The van der Waals surface area contributed by atoms with Crippen molar-refractivity contribution in [2.24, 2.45) is 29.4 Å². The first-order chi connectivity index (χ1) is 8.49. The van der Waals surface area contributed by atoms with E-state index in [1.54, 1.807) is 0 Å². The maximum atomic E-state index is 12.5. The Bertz CT molecular complexity index is 303. The lowest BCUT2D eigenvalue weighted by molar-refractivity contribution is -0.136. The summed E-state index contributed by atoms with van der Waals surface area (Å²) in [5, 5.41) is 0. The second kappa shape index (κ2) is 5.60. The van der Waals surface area contributed by atoms with E-state index in [2.05, 4.69) is 25.7 Å². The summed E-state index contributed by atoms with van der Waals surface area (Å²) in [6, 6.07) is 0.219. The largest absolute Gasteiger partial charge is 0.342 e. The van der Waals surface area contributed by atoms with Gasteiger partial charge in [0.15, 0.2) is 0 Å². The monoisotopic (exact) mass is 252 g/mol. The minimum Gasteiger partial charge on any atom is -0.342 e. The van der Waals surface area contributed by atoms with Crippen molar-refractivity contribution in [3.8, 4) is 0 Å². The van der Waals surface area contributed by atoms with Gasteiger partial charge in [-0.25, -0.2) is 0 Å². The molecule has 2 rings (SSSR count). The smallest absolute Gasteiger partial charge is 0.225 e. The number of carbonyl (C=O) groups is 1. The molecule has 2 aliphatic rings.